The third kappa shape index (κ3) is 5.57. The van der Waals surface area contributed by atoms with Gasteiger partial charge in [0.15, 0.2) is 0 Å². The highest BCUT2D eigenvalue weighted by atomic mass is 16.5. The molecule has 1 amide bonds. The van der Waals surface area contributed by atoms with E-state index in [9.17, 15) is 9.59 Å². The van der Waals surface area contributed by atoms with Crippen LogP contribution in [0.2, 0.25) is 0 Å². The largest absolute Gasteiger partial charge is 0.462 e. The van der Waals surface area contributed by atoms with E-state index in [1.807, 2.05) is 39.0 Å². The molecule has 0 radical (unpaired) electrons. The molecule has 0 unspecified atom stereocenters. The quantitative estimate of drug-likeness (QED) is 0.567. The van der Waals surface area contributed by atoms with Crippen LogP contribution in [-0.4, -0.2) is 23.1 Å². The smallest absolute Gasteiger partial charge is 0.339 e. The Hall–Kier alpha value is -2.56. The van der Waals surface area contributed by atoms with Crippen LogP contribution in [0, 0.1) is 25.7 Å². The summed E-state index contributed by atoms with van der Waals surface area (Å²) in [5, 5.41) is 3.09. The lowest BCUT2D eigenvalue weighted by atomic mass is 9.81. The van der Waals surface area contributed by atoms with E-state index in [0.717, 1.165) is 49.3 Å². The maximum atomic E-state index is 12.7. The number of anilines is 1. The summed E-state index contributed by atoms with van der Waals surface area (Å²) in [5.41, 5.74) is 4.88. The van der Waals surface area contributed by atoms with Crippen LogP contribution < -0.4 is 5.32 Å². The summed E-state index contributed by atoms with van der Waals surface area (Å²) in [6.07, 6.45) is 3.86. The molecule has 1 aliphatic carbocycles. The Kier molecular flexibility index (Phi) is 7.58. The van der Waals surface area contributed by atoms with E-state index >= 15 is 0 Å². The molecule has 1 heterocycles. The third-order valence-corrected chi connectivity index (χ3v) is 6.57. The fourth-order valence-electron chi connectivity index (χ4n) is 4.56. The van der Waals surface area contributed by atoms with Gasteiger partial charge < -0.3 is 14.6 Å². The van der Waals surface area contributed by atoms with Gasteiger partial charge in [0.2, 0.25) is 5.91 Å². The van der Waals surface area contributed by atoms with Gasteiger partial charge in [0.25, 0.3) is 0 Å². The third-order valence-electron chi connectivity index (χ3n) is 6.57. The van der Waals surface area contributed by atoms with E-state index in [1.165, 1.54) is 5.56 Å². The number of nitrogens with one attached hydrogen (secondary N) is 1. The molecule has 0 aliphatic heterocycles. The Morgan fingerprint density at radius 2 is 1.74 bits per heavy atom. The monoisotopic (exact) mass is 424 g/mol. The highest BCUT2D eigenvalue weighted by Gasteiger charge is 2.27. The van der Waals surface area contributed by atoms with Crippen LogP contribution in [0.25, 0.3) is 0 Å². The highest BCUT2D eigenvalue weighted by molar-refractivity contribution is 5.92. The zero-order valence-corrected chi connectivity index (χ0v) is 19.5. The average Bonchev–Trinajstić information content (AvgIpc) is 3.03. The molecule has 5 heteroatoms. The van der Waals surface area contributed by atoms with Gasteiger partial charge >= 0.3 is 5.97 Å². The number of aryl methyl sites for hydroxylation is 1. The number of hydrogen-bond donors (Lipinski definition) is 1. The molecular weight excluding hydrogens is 388 g/mol. The van der Waals surface area contributed by atoms with Crippen LogP contribution in [0.4, 0.5) is 5.69 Å². The van der Waals surface area contributed by atoms with Crippen molar-refractivity contribution in [2.24, 2.45) is 11.8 Å². The Bertz CT molecular complexity index is 903. The topological polar surface area (TPSA) is 60.3 Å². The van der Waals surface area contributed by atoms with Crippen LogP contribution in [0.1, 0.15) is 79.7 Å². The molecule has 1 N–H and O–H groups in total. The van der Waals surface area contributed by atoms with Crippen molar-refractivity contribution in [3.8, 4) is 0 Å². The van der Waals surface area contributed by atoms with Crippen LogP contribution in [0.15, 0.2) is 30.3 Å². The number of carbonyl (C=O) groups excluding carboxylic acids is 2. The van der Waals surface area contributed by atoms with Gasteiger partial charge in [0.05, 0.1) is 12.2 Å². The molecule has 1 aliphatic rings. The fourth-order valence-corrected chi connectivity index (χ4v) is 4.56. The van der Waals surface area contributed by atoms with E-state index in [2.05, 4.69) is 35.9 Å². The van der Waals surface area contributed by atoms with Gasteiger partial charge in [-0.3, -0.25) is 4.79 Å². The molecule has 0 atom stereocenters. The molecule has 0 spiro atoms. The predicted octanol–water partition coefficient (Wildman–Crippen LogP) is 5.85. The molecule has 168 valence electrons. The van der Waals surface area contributed by atoms with Gasteiger partial charge in [-0.2, -0.15) is 0 Å². The SMILES string of the molecule is CCOC(=O)c1cc(C)n(CC2CCC(C(=O)Nc3ccc(C(C)C)cc3)CC2)c1C. The minimum Gasteiger partial charge on any atom is -0.462 e. The minimum atomic E-state index is -0.247. The second-order valence-electron chi connectivity index (χ2n) is 9.10. The Morgan fingerprint density at radius 3 is 2.32 bits per heavy atom. The number of rotatable bonds is 7. The van der Waals surface area contributed by atoms with Gasteiger partial charge in [-0.15, -0.1) is 0 Å². The van der Waals surface area contributed by atoms with E-state index in [4.69, 9.17) is 4.74 Å². The van der Waals surface area contributed by atoms with E-state index in [-0.39, 0.29) is 17.8 Å². The fraction of sp³-hybridized carbons (Fsp3) is 0.538. The molecule has 0 saturated heterocycles. The first-order valence-corrected chi connectivity index (χ1v) is 11.5. The van der Waals surface area contributed by atoms with Crippen molar-refractivity contribution in [2.75, 3.05) is 11.9 Å². The second-order valence-corrected chi connectivity index (χ2v) is 9.10. The average molecular weight is 425 g/mol. The van der Waals surface area contributed by atoms with Gasteiger partial charge in [0, 0.05) is 29.5 Å². The summed E-state index contributed by atoms with van der Waals surface area (Å²) >= 11 is 0. The van der Waals surface area contributed by atoms with Gasteiger partial charge in [-0.25, -0.2) is 4.79 Å². The summed E-state index contributed by atoms with van der Waals surface area (Å²) in [6.45, 7) is 11.5. The zero-order chi connectivity index (χ0) is 22.5. The number of ether oxygens (including phenoxy) is 1. The Morgan fingerprint density at radius 1 is 1.10 bits per heavy atom. The van der Waals surface area contributed by atoms with Crippen molar-refractivity contribution in [3.05, 3.63) is 52.8 Å². The lowest BCUT2D eigenvalue weighted by Crippen LogP contribution is -2.28. The normalized spacial score (nSPS) is 18.8. The van der Waals surface area contributed by atoms with Gasteiger partial charge in [-0.05, 0) is 82.1 Å². The molecule has 1 aromatic carbocycles. The summed E-state index contributed by atoms with van der Waals surface area (Å²) in [6, 6.07) is 10.1. The van der Waals surface area contributed by atoms with Crippen LogP contribution in [0.5, 0.6) is 0 Å². The summed E-state index contributed by atoms with van der Waals surface area (Å²) < 4.78 is 7.41. The molecule has 3 rings (SSSR count). The molecule has 1 aromatic heterocycles. The maximum absolute atomic E-state index is 12.7. The van der Waals surface area contributed by atoms with Crippen molar-refractivity contribution in [2.45, 2.75) is 72.8 Å². The van der Waals surface area contributed by atoms with E-state index < -0.39 is 0 Å². The Balaban J connectivity index is 1.54. The van der Waals surface area contributed by atoms with Gasteiger partial charge in [0.1, 0.15) is 0 Å². The zero-order valence-electron chi connectivity index (χ0n) is 19.5. The highest BCUT2D eigenvalue weighted by Crippen LogP contribution is 2.32. The maximum Gasteiger partial charge on any atom is 0.339 e. The number of benzene rings is 1. The molecule has 31 heavy (non-hydrogen) atoms. The van der Waals surface area contributed by atoms with E-state index in [0.29, 0.717) is 24.0 Å². The van der Waals surface area contributed by atoms with Crippen LogP contribution in [-0.2, 0) is 16.1 Å². The Labute approximate surface area is 186 Å². The van der Waals surface area contributed by atoms with Crippen LogP contribution >= 0.6 is 0 Å². The minimum absolute atomic E-state index is 0.0722. The number of hydrogen-bond acceptors (Lipinski definition) is 3. The predicted molar refractivity (Wildman–Crippen MR) is 124 cm³/mol. The van der Waals surface area contributed by atoms with Gasteiger partial charge in [-0.1, -0.05) is 26.0 Å². The number of nitrogens with zero attached hydrogens (tertiary/aromatic N) is 1. The van der Waals surface area contributed by atoms with Crippen molar-refractivity contribution < 1.29 is 14.3 Å². The number of carbonyl (C=O) groups is 2. The van der Waals surface area contributed by atoms with Crippen molar-refractivity contribution in [1.82, 2.24) is 4.57 Å². The molecule has 0 bridgehead atoms. The van der Waals surface area contributed by atoms with E-state index in [1.54, 1.807) is 0 Å². The van der Waals surface area contributed by atoms with Crippen molar-refractivity contribution >= 4 is 17.6 Å². The second kappa shape index (κ2) is 10.2. The first-order valence-electron chi connectivity index (χ1n) is 11.5. The number of aromatic nitrogens is 1. The number of esters is 1. The van der Waals surface area contributed by atoms with Crippen molar-refractivity contribution in [1.29, 1.82) is 0 Å². The first kappa shape index (κ1) is 23.1. The van der Waals surface area contributed by atoms with Crippen LogP contribution in [0.3, 0.4) is 0 Å². The lowest BCUT2D eigenvalue weighted by molar-refractivity contribution is -0.121. The van der Waals surface area contributed by atoms with Crippen molar-refractivity contribution in [3.63, 3.8) is 0 Å². The molecular formula is C26H36N2O3. The summed E-state index contributed by atoms with van der Waals surface area (Å²) in [7, 11) is 0. The standard InChI is InChI=1S/C26H36N2O3/c1-6-31-26(30)24-15-18(4)28(19(24)5)16-20-7-9-22(10-8-20)25(29)27-23-13-11-21(12-14-23)17(2)3/h11-15,17,20,22H,6-10,16H2,1-5H3,(H,27,29). The first-order chi connectivity index (χ1) is 14.8. The summed E-state index contributed by atoms with van der Waals surface area (Å²) in [5.74, 6) is 0.968. The lowest BCUT2D eigenvalue weighted by Gasteiger charge is -2.29. The molecule has 1 fully saturated rings. The summed E-state index contributed by atoms with van der Waals surface area (Å²) in [4.78, 5) is 24.9. The molecule has 2 aromatic rings. The molecule has 1 saturated carbocycles. The molecule has 5 nitrogen and oxygen atoms in total. The number of amides is 1.